The lowest BCUT2D eigenvalue weighted by atomic mass is 9.58. The molecule has 0 heterocycles. The molecule has 0 aromatic heterocycles. The van der Waals surface area contributed by atoms with Gasteiger partial charge in [0.25, 0.3) is 5.91 Å². The number of carbonyl (C=O) groups is 3. The lowest BCUT2D eigenvalue weighted by molar-refractivity contribution is -0.148. The number of ketones is 2. The summed E-state index contributed by atoms with van der Waals surface area (Å²) in [6.45, 7) is 12.1. The van der Waals surface area contributed by atoms with Crippen molar-refractivity contribution in [3.63, 3.8) is 0 Å². The van der Waals surface area contributed by atoms with E-state index in [4.69, 9.17) is 5.73 Å². The van der Waals surface area contributed by atoms with Crippen molar-refractivity contribution < 1.29 is 48.0 Å². The number of aliphatic hydroxyl groups excluding tert-OH is 2. The average molecular weight is 652 g/mol. The highest BCUT2D eigenvalue weighted by molar-refractivity contribution is 6.24. The number of nitrogens with two attached hydrogens (primary N) is 1. The van der Waals surface area contributed by atoms with Gasteiger partial charge in [-0.25, -0.2) is 0 Å². The summed E-state index contributed by atoms with van der Waals surface area (Å²) in [5.74, 6) is -9.05. The number of phenols is 1. The summed E-state index contributed by atoms with van der Waals surface area (Å²) >= 11 is 0. The Morgan fingerprint density at radius 3 is 2.15 bits per heavy atom. The average Bonchev–Trinajstić information content (AvgIpc) is 2.86. The van der Waals surface area contributed by atoms with Gasteiger partial charge in [0, 0.05) is 23.6 Å². The van der Waals surface area contributed by atoms with Crippen LogP contribution in [0.1, 0.15) is 81.4 Å². The minimum Gasteiger partial charge on any atom is -0.510 e. The molecule has 0 saturated carbocycles. The molecule has 4 rings (SSSR count). The zero-order chi connectivity index (χ0) is 35.1. The van der Waals surface area contributed by atoms with Crippen LogP contribution in [0.25, 0.3) is 0 Å². The van der Waals surface area contributed by atoms with Gasteiger partial charge in [0.15, 0.2) is 11.4 Å². The van der Waals surface area contributed by atoms with Crippen molar-refractivity contribution in [3.8, 4) is 5.75 Å². The van der Waals surface area contributed by atoms with E-state index < -0.39 is 104 Å². The normalized spacial score (nSPS) is 25.7. The fourth-order valence-corrected chi connectivity index (χ4v) is 8.24. The number of fused-ring (bicyclic) bond motifs is 3. The number of rotatable bonds is 7. The third-order valence-corrected chi connectivity index (χ3v) is 9.65. The van der Waals surface area contributed by atoms with Crippen LogP contribution in [-0.4, -0.2) is 85.5 Å². The number of Topliss-reactive ketones (excluding diaryl/α,β-unsaturated/α-hetero) is 2. The second-order valence-electron chi connectivity index (χ2n) is 14.8. The molecular weight excluding hydrogens is 607 g/mol. The number of benzene rings is 1. The van der Waals surface area contributed by atoms with Crippen molar-refractivity contribution in [2.45, 2.75) is 90.7 Å². The number of amides is 1. The summed E-state index contributed by atoms with van der Waals surface area (Å²) in [4.78, 5) is 42.8. The Bertz CT molecular complexity index is 1550. The molecule has 0 aliphatic heterocycles. The molecule has 0 saturated heterocycles. The number of aliphatic hydroxyl groups is 3. The maximum absolute atomic E-state index is 15.0. The molecule has 1 aromatic rings. The molecule has 3 aliphatic carbocycles. The summed E-state index contributed by atoms with van der Waals surface area (Å²) in [5.41, 5.74) is -2.06. The maximum Gasteiger partial charge on any atom is 0.417 e. The Morgan fingerprint density at radius 1 is 1.09 bits per heavy atom. The second-order valence-corrected chi connectivity index (χ2v) is 14.8. The van der Waals surface area contributed by atoms with E-state index in [0.717, 1.165) is 6.07 Å². The van der Waals surface area contributed by atoms with E-state index in [0.29, 0.717) is 13.0 Å². The van der Waals surface area contributed by atoms with Crippen LogP contribution in [0.4, 0.5) is 13.2 Å². The van der Waals surface area contributed by atoms with E-state index in [2.05, 4.69) is 0 Å². The molecule has 4 atom stereocenters. The second kappa shape index (κ2) is 11.4. The van der Waals surface area contributed by atoms with Gasteiger partial charge in [-0.2, -0.15) is 13.2 Å². The van der Waals surface area contributed by atoms with E-state index in [1.54, 1.807) is 0 Å². The van der Waals surface area contributed by atoms with Crippen molar-refractivity contribution in [2.24, 2.45) is 23.0 Å². The molecule has 254 valence electrons. The summed E-state index contributed by atoms with van der Waals surface area (Å²) in [5, 5.41) is 45.2. The topological polar surface area (TPSA) is 165 Å². The molecule has 0 fully saturated rings. The van der Waals surface area contributed by atoms with Crippen LogP contribution in [0.15, 0.2) is 28.7 Å². The van der Waals surface area contributed by atoms with Gasteiger partial charge in [0.05, 0.1) is 17.2 Å². The molecule has 1 amide bonds. The molecule has 0 radical (unpaired) electrons. The number of halogens is 3. The molecule has 6 N–H and O–H groups in total. The molecule has 1 aromatic carbocycles. The van der Waals surface area contributed by atoms with Crippen LogP contribution in [0.2, 0.25) is 0 Å². The fraction of sp³-hybridized carbons (Fsp3) is 0.606. The Labute approximate surface area is 266 Å². The number of likely N-dealkylation sites (N-methyl/N-ethyl adjacent to an activating group) is 1. The molecule has 13 heteroatoms. The van der Waals surface area contributed by atoms with Crippen molar-refractivity contribution in [2.75, 3.05) is 20.6 Å². The number of primary amides is 1. The minimum atomic E-state index is -4.93. The Hall–Kier alpha value is -3.42. The molecule has 0 bridgehead atoms. The lowest BCUT2D eigenvalue weighted by Crippen LogP contribution is -2.63. The number of allylic oxidation sites excluding steroid dienone is 1. The van der Waals surface area contributed by atoms with Crippen molar-refractivity contribution in [1.82, 2.24) is 9.80 Å². The van der Waals surface area contributed by atoms with Gasteiger partial charge in [0.1, 0.15) is 22.8 Å². The molecule has 0 spiro atoms. The van der Waals surface area contributed by atoms with Crippen LogP contribution in [0, 0.1) is 17.3 Å². The minimum absolute atomic E-state index is 0.130. The smallest absolute Gasteiger partial charge is 0.417 e. The predicted molar refractivity (Wildman–Crippen MR) is 163 cm³/mol. The quantitative estimate of drug-likeness (QED) is 0.272. The van der Waals surface area contributed by atoms with Crippen molar-refractivity contribution in [3.05, 3.63) is 51.0 Å². The molecular formula is C33H44F3N3O7. The van der Waals surface area contributed by atoms with Crippen LogP contribution >= 0.6 is 0 Å². The third-order valence-electron chi connectivity index (χ3n) is 9.65. The van der Waals surface area contributed by atoms with Crippen molar-refractivity contribution >= 4 is 17.5 Å². The van der Waals surface area contributed by atoms with Crippen LogP contribution in [0.5, 0.6) is 5.75 Å². The highest BCUT2D eigenvalue weighted by atomic mass is 19.4. The van der Waals surface area contributed by atoms with Crippen LogP contribution in [-0.2, 0) is 28.7 Å². The highest BCUT2D eigenvalue weighted by Gasteiger charge is 2.63. The van der Waals surface area contributed by atoms with Crippen molar-refractivity contribution in [1.29, 1.82) is 0 Å². The standard InChI is InChI=1S/C33H44F3N3O7/c1-9-39(31(5,6)14-30(2,3)4)13-16-12-19(40)21-17(23(16)33(34,35)36)10-15-11-18-24(38(7)8)26(42)22(29(37)45)28(44)32(18,46)27(43)20(15)25(21)41/h12,15,18,24,40,42-43,46H,9-11,13-14H2,1-8H3,(H2,37,45)/t15-,18-,24-,32-/m0/s1. The fourth-order valence-electron chi connectivity index (χ4n) is 8.24. The number of carbonyl (C=O) groups excluding carboxylic acids is 3. The largest absolute Gasteiger partial charge is 0.510 e. The Morgan fingerprint density at radius 2 is 1.67 bits per heavy atom. The Balaban J connectivity index is 1.93. The first-order valence-electron chi connectivity index (χ1n) is 15.2. The SMILES string of the molecule is CCN(Cc1cc(O)c2c(c1C(F)(F)F)C[C@H]1C[C@H]3[C@H](N(C)C)C(O)=C(C(N)=O)C(=O)[C@@]3(O)C(O)=C1C2=O)C(C)(C)CC(C)(C)C. The Kier molecular flexibility index (Phi) is 8.76. The van der Waals surface area contributed by atoms with Gasteiger partial charge in [0.2, 0.25) is 5.78 Å². The predicted octanol–water partition coefficient (Wildman–Crippen LogP) is 4.18. The van der Waals surface area contributed by atoms with Gasteiger partial charge in [-0.1, -0.05) is 27.7 Å². The number of hydrogen-bond donors (Lipinski definition) is 5. The lowest BCUT2D eigenvalue weighted by Gasteiger charge is -2.50. The molecule has 0 unspecified atom stereocenters. The zero-order valence-corrected chi connectivity index (χ0v) is 27.5. The zero-order valence-electron chi connectivity index (χ0n) is 27.5. The van der Waals surface area contributed by atoms with Gasteiger partial charge < -0.3 is 26.2 Å². The van der Waals surface area contributed by atoms with E-state index in [1.807, 2.05) is 46.4 Å². The first-order valence-corrected chi connectivity index (χ1v) is 15.2. The third kappa shape index (κ3) is 5.60. The van der Waals surface area contributed by atoms with Crippen LogP contribution < -0.4 is 5.73 Å². The summed E-state index contributed by atoms with van der Waals surface area (Å²) < 4.78 is 45.0. The monoisotopic (exact) mass is 651 g/mol. The van der Waals surface area contributed by atoms with Gasteiger partial charge in [-0.3, -0.25) is 24.2 Å². The van der Waals surface area contributed by atoms with E-state index in [1.165, 1.54) is 19.0 Å². The number of aromatic hydroxyl groups is 1. The first-order chi connectivity index (χ1) is 20.9. The van der Waals surface area contributed by atoms with E-state index in [9.17, 15) is 48.0 Å². The van der Waals surface area contributed by atoms with E-state index in [-0.39, 0.29) is 23.9 Å². The van der Waals surface area contributed by atoms with Gasteiger partial charge in [-0.15, -0.1) is 0 Å². The summed E-state index contributed by atoms with van der Waals surface area (Å²) in [6, 6.07) is -0.330. The number of hydrogen-bond acceptors (Lipinski definition) is 9. The van der Waals surface area contributed by atoms with E-state index >= 15 is 0 Å². The maximum atomic E-state index is 15.0. The highest BCUT2D eigenvalue weighted by Crippen LogP contribution is 2.54. The molecule has 10 nitrogen and oxygen atoms in total. The van der Waals surface area contributed by atoms with Gasteiger partial charge >= 0.3 is 6.18 Å². The first kappa shape index (κ1) is 35.4. The van der Waals surface area contributed by atoms with Crippen LogP contribution in [0.3, 0.4) is 0 Å². The molecule has 3 aliphatic rings. The summed E-state index contributed by atoms with van der Waals surface area (Å²) in [6.07, 6.45) is -5.03. The molecule has 46 heavy (non-hydrogen) atoms. The van der Waals surface area contributed by atoms with Gasteiger partial charge in [-0.05, 0) is 82.3 Å². The summed E-state index contributed by atoms with van der Waals surface area (Å²) in [7, 11) is 2.94. The number of nitrogens with zero attached hydrogens (tertiary/aromatic N) is 2. The number of phenolic OH excluding ortho intramolecular Hbond substituents is 1. The number of alkyl halides is 3.